The summed E-state index contributed by atoms with van der Waals surface area (Å²) in [5.74, 6) is -2.00. The number of benzene rings is 2. The number of carbonyl (C=O) groups excluding carboxylic acids is 2. The van der Waals surface area contributed by atoms with Gasteiger partial charge in [0, 0.05) is 5.92 Å². The molecule has 0 unspecified atom stereocenters. The lowest BCUT2D eigenvalue weighted by atomic mass is 9.73. The van der Waals surface area contributed by atoms with Crippen molar-refractivity contribution in [1.82, 2.24) is 0 Å². The summed E-state index contributed by atoms with van der Waals surface area (Å²) >= 11 is 5.96. The molecule has 0 aromatic heterocycles. The first-order valence-corrected chi connectivity index (χ1v) is 9.85. The van der Waals surface area contributed by atoms with E-state index in [0.717, 1.165) is 11.1 Å². The molecule has 0 aliphatic heterocycles. The molecule has 3 rings (SSSR count). The molecule has 2 atom stereocenters. The molecular weight excluding hydrogens is 411 g/mol. The summed E-state index contributed by atoms with van der Waals surface area (Å²) in [6, 6.07) is 9.58. The van der Waals surface area contributed by atoms with Gasteiger partial charge in [0.1, 0.15) is 11.7 Å². The minimum atomic E-state index is -1.02. The van der Waals surface area contributed by atoms with E-state index in [1.807, 2.05) is 6.07 Å². The van der Waals surface area contributed by atoms with Crippen LogP contribution in [-0.2, 0) is 14.3 Å². The topological polar surface area (TPSA) is 61.8 Å². The summed E-state index contributed by atoms with van der Waals surface area (Å²) in [7, 11) is 3.07. The van der Waals surface area contributed by atoms with Gasteiger partial charge >= 0.3 is 5.97 Å². The number of hydrogen-bond acceptors (Lipinski definition) is 5. The van der Waals surface area contributed by atoms with Gasteiger partial charge in [-0.3, -0.25) is 9.59 Å². The molecule has 0 saturated carbocycles. The Labute approximate surface area is 179 Å². The molecule has 5 nitrogen and oxygen atoms in total. The van der Waals surface area contributed by atoms with E-state index in [9.17, 15) is 14.0 Å². The highest BCUT2D eigenvalue weighted by Gasteiger charge is 2.40. The van der Waals surface area contributed by atoms with Crippen LogP contribution in [0.2, 0.25) is 5.02 Å². The highest BCUT2D eigenvalue weighted by Crippen LogP contribution is 2.42. The van der Waals surface area contributed by atoms with E-state index in [1.54, 1.807) is 32.2 Å². The first-order chi connectivity index (χ1) is 14.4. The molecule has 0 bridgehead atoms. The maximum absolute atomic E-state index is 13.7. The van der Waals surface area contributed by atoms with Gasteiger partial charge < -0.3 is 14.2 Å². The maximum atomic E-state index is 13.7. The lowest BCUT2D eigenvalue weighted by Gasteiger charge is -2.29. The number of hydrogen-bond donors (Lipinski definition) is 0. The van der Waals surface area contributed by atoms with Gasteiger partial charge in [0.15, 0.2) is 17.3 Å². The van der Waals surface area contributed by atoms with E-state index in [-0.39, 0.29) is 17.4 Å². The minimum Gasteiger partial charge on any atom is -0.493 e. The Kier molecular flexibility index (Phi) is 6.77. The second-order valence-electron chi connectivity index (χ2n) is 6.86. The molecule has 0 saturated heterocycles. The molecule has 0 heterocycles. The van der Waals surface area contributed by atoms with E-state index in [2.05, 4.69) is 0 Å². The monoisotopic (exact) mass is 432 g/mol. The van der Waals surface area contributed by atoms with Crippen LogP contribution in [0.4, 0.5) is 4.39 Å². The third-order valence-corrected chi connectivity index (χ3v) is 5.42. The highest BCUT2D eigenvalue weighted by atomic mass is 35.5. The normalized spacial score (nSPS) is 18.6. The van der Waals surface area contributed by atoms with Crippen molar-refractivity contribution in [3.8, 4) is 11.5 Å². The van der Waals surface area contributed by atoms with Crippen molar-refractivity contribution in [1.29, 1.82) is 0 Å². The summed E-state index contributed by atoms with van der Waals surface area (Å²) in [4.78, 5) is 25.5. The van der Waals surface area contributed by atoms with Crippen LogP contribution in [0.15, 0.2) is 42.5 Å². The van der Waals surface area contributed by atoms with E-state index >= 15 is 0 Å². The van der Waals surface area contributed by atoms with Gasteiger partial charge in [0.2, 0.25) is 0 Å². The van der Waals surface area contributed by atoms with Gasteiger partial charge in [0.05, 0.1) is 25.8 Å². The molecule has 2 aromatic rings. The molecule has 1 aliphatic carbocycles. The van der Waals surface area contributed by atoms with Crippen LogP contribution in [0.5, 0.6) is 11.5 Å². The second-order valence-corrected chi connectivity index (χ2v) is 7.26. The predicted molar refractivity (Wildman–Crippen MR) is 111 cm³/mol. The number of ether oxygens (including phenoxy) is 3. The molecule has 0 fully saturated rings. The van der Waals surface area contributed by atoms with Crippen molar-refractivity contribution < 1.29 is 28.2 Å². The molecule has 2 aromatic carbocycles. The molecule has 0 N–H and O–H groups in total. The Bertz CT molecular complexity index is 1000. The number of allylic oxidation sites excluding steroid dienone is 2. The van der Waals surface area contributed by atoms with E-state index < -0.39 is 23.6 Å². The van der Waals surface area contributed by atoms with Gasteiger partial charge in [-0.05, 0) is 60.4 Å². The summed E-state index contributed by atoms with van der Waals surface area (Å²) in [5.41, 5.74) is 2.09. The van der Waals surface area contributed by atoms with Crippen LogP contribution in [0.1, 0.15) is 30.4 Å². The van der Waals surface area contributed by atoms with Gasteiger partial charge in [-0.25, -0.2) is 4.39 Å². The molecule has 0 spiro atoms. The summed E-state index contributed by atoms with van der Waals surface area (Å²) in [6.07, 6.45) is 1.83. The molecule has 0 amide bonds. The Morgan fingerprint density at radius 2 is 1.87 bits per heavy atom. The van der Waals surface area contributed by atoms with Gasteiger partial charge in [-0.15, -0.1) is 0 Å². The molecular formula is C23H22ClFO5. The SMILES string of the molecule is CCOC(=O)[C@H]1C(=O)C=C(c2ccc(OC)c(OC)c2)C[C@H]1c1ccc(F)c(Cl)c1. The quantitative estimate of drug-likeness (QED) is 0.484. The standard InChI is InChI=1S/C23H22ClFO5/c1-4-30-23(27)22-16(14-5-7-18(25)17(24)10-14)9-15(11-19(22)26)13-6-8-20(28-2)21(12-13)29-3/h5-8,10-12,16,22H,4,9H2,1-3H3/t16-,22+/m0/s1. The van der Waals surface area contributed by atoms with Crippen molar-refractivity contribution in [2.24, 2.45) is 5.92 Å². The van der Waals surface area contributed by atoms with Crippen LogP contribution in [0.3, 0.4) is 0 Å². The highest BCUT2D eigenvalue weighted by molar-refractivity contribution is 6.30. The number of rotatable bonds is 6. The third-order valence-electron chi connectivity index (χ3n) is 5.13. The lowest BCUT2D eigenvalue weighted by Crippen LogP contribution is -2.34. The summed E-state index contributed by atoms with van der Waals surface area (Å²) in [5, 5.41) is -0.0650. The lowest BCUT2D eigenvalue weighted by molar-refractivity contribution is -0.151. The fourth-order valence-corrected chi connectivity index (χ4v) is 3.87. The smallest absolute Gasteiger partial charge is 0.317 e. The fourth-order valence-electron chi connectivity index (χ4n) is 3.68. The number of methoxy groups -OCH3 is 2. The Morgan fingerprint density at radius 1 is 1.13 bits per heavy atom. The van der Waals surface area contributed by atoms with Crippen molar-refractivity contribution >= 4 is 28.9 Å². The van der Waals surface area contributed by atoms with Crippen LogP contribution < -0.4 is 9.47 Å². The van der Waals surface area contributed by atoms with Crippen molar-refractivity contribution in [3.05, 3.63) is 64.4 Å². The average molecular weight is 433 g/mol. The van der Waals surface area contributed by atoms with E-state index in [4.69, 9.17) is 25.8 Å². The van der Waals surface area contributed by atoms with Crippen molar-refractivity contribution in [2.75, 3.05) is 20.8 Å². The summed E-state index contributed by atoms with van der Waals surface area (Å²) in [6.45, 7) is 1.84. The molecule has 0 radical (unpaired) electrons. The van der Waals surface area contributed by atoms with Crippen LogP contribution >= 0.6 is 11.6 Å². The zero-order chi connectivity index (χ0) is 21.8. The first kappa shape index (κ1) is 21.8. The molecule has 30 heavy (non-hydrogen) atoms. The Morgan fingerprint density at radius 3 is 2.50 bits per heavy atom. The van der Waals surface area contributed by atoms with Crippen LogP contribution in [-0.4, -0.2) is 32.6 Å². The molecule has 1 aliphatic rings. The van der Waals surface area contributed by atoms with Crippen molar-refractivity contribution in [2.45, 2.75) is 19.3 Å². The zero-order valence-corrected chi connectivity index (χ0v) is 17.7. The van der Waals surface area contributed by atoms with Gasteiger partial charge in [-0.1, -0.05) is 23.7 Å². The fraction of sp³-hybridized carbons (Fsp3) is 0.304. The van der Waals surface area contributed by atoms with Crippen LogP contribution in [0.25, 0.3) is 5.57 Å². The minimum absolute atomic E-state index is 0.0650. The third kappa shape index (κ3) is 4.33. The predicted octanol–water partition coefficient (Wildman–Crippen LogP) is 4.82. The van der Waals surface area contributed by atoms with Gasteiger partial charge in [0.25, 0.3) is 0 Å². The zero-order valence-electron chi connectivity index (χ0n) is 16.9. The van der Waals surface area contributed by atoms with Crippen LogP contribution in [0, 0.1) is 11.7 Å². The molecule has 158 valence electrons. The molecule has 7 heteroatoms. The van der Waals surface area contributed by atoms with E-state index in [0.29, 0.717) is 23.5 Å². The number of esters is 1. The number of carbonyl (C=O) groups is 2. The Hall–Kier alpha value is -2.86. The second kappa shape index (κ2) is 9.30. The maximum Gasteiger partial charge on any atom is 0.317 e. The Balaban J connectivity index is 2.06. The van der Waals surface area contributed by atoms with Crippen molar-refractivity contribution in [3.63, 3.8) is 0 Å². The average Bonchev–Trinajstić information content (AvgIpc) is 2.74. The number of ketones is 1. The van der Waals surface area contributed by atoms with Gasteiger partial charge in [-0.2, -0.15) is 0 Å². The number of halogens is 2. The largest absolute Gasteiger partial charge is 0.493 e. The summed E-state index contributed by atoms with van der Waals surface area (Å²) < 4.78 is 29.4. The first-order valence-electron chi connectivity index (χ1n) is 9.48. The van der Waals surface area contributed by atoms with E-state index in [1.165, 1.54) is 25.3 Å².